The monoisotopic (exact) mass is 270 g/mol. The van der Waals surface area contributed by atoms with Crippen LogP contribution in [0, 0.1) is 0 Å². The van der Waals surface area contributed by atoms with Gasteiger partial charge in [0.05, 0.1) is 17.4 Å². The smallest absolute Gasteiger partial charge is 0.0965 e. The minimum atomic E-state index is -0.00257. The first-order chi connectivity index (χ1) is 9.54. The number of nitrogens with one attached hydrogen (secondary N) is 1. The lowest BCUT2D eigenvalue weighted by atomic mass is 10.1. The third-order valence-electron chi connectivity index (χ3n) is 3.79. The third-order valence-corrected chi connectivity index (χ3v) is 3.79. The molecule has 3 rings (SSSR count). The van der Waals surface area contributed by atoms with E-state index in [2.05, 4.69) is 66.7 Å². The summed E-state index contributed by atoms with van der Waals surface area (Å²) >= 11 is 0. The summed E-state index contributed by atoms with van der Waals surface area (Å²) in [6, 6.07) is 11.3. The van der Waals surface area contributed by atoms with Crippen LogP contribution in [0.15, 0.2) is 36.5 Å². The van der Waals surface area contributed by atoms with Crippen molar-refractivity contribution < 1.29 is 0 Å². The first-order valence-electron chi connectivity index (χ1n) is 7.24. The van der Waals surface area contributed by atoms with Gasteiger partial charge in [0, 0.05) is 18.5 Å². The number of hydrogen-bond donors (Lipinski definition) is 1. The molecule has 0 aliphatic heterocycles. The van der Waals surface area contributed by atoms with Crippen LogP contribution in [0.5, 0.6) is 0 Å². The fraction of sp³-hybridized carbons (Fsp3) is 0.500. The Morgan fingerprint density at radius 1 is 1.25 bits per heavy atom. The van der Waals surface area contributed by atoms with Crippen molar-refractivity contribution in [2.45, 2.75) is 51.2 Å². The van der Waals surface area contributed by atoms with Crippen molar-refractivity contribution in [2.24, 2.45) is 0 Å². The van der Waals surface area contributed by atoms with Gasteiger partial charge in [0.2, 0.25) is 0 Å². The molecular weight excluding hydrogens is 248 g/mol. The van der Waals surface area contributed by atoms with E-state index >= 15 is 0 Å². The van der Waals surface area contributed by atoms with Crippen LogP contribution in [0.4, 0.5) is 0 Å². The van der Waals surface area contributed by atoms with Gasteiger partial charge in [-0.05, 0) is 32.8 Å². The highest BCUT2D eigenvalue weighted by Gasteiger charge is 2.37. The Morgan fingerprint density at radius 3 is 2.65 bits per heavy atom. The zero-order chi connectivity index (χ0) is 14.2. The molecule has 1 aromatic heterocycles. The summed E-state index contributed by atoms with van der Waals surface area (Å²) in [6.45, 7) is 7.19. The Hall–Kier alpha value is -1.68. The predicted octanol–water partition coefficient (Wildman–Crippen LogP) is 2.68. The molecular formula is C16H22N4. The molecule has 0 bridgehead atoms. The number of benzene rings is 1. The zero-order valence-corrected chi connectivity index (χ0v) is 12.4. The summed E-state index contributed by atoms with van der Waals surface area (Å²) in [4.78, 5) is 0. The van der Waals surface area contributed by atoms with E-state index in [1.165, 1.54) is 12.0 Å². The summed E-state index contributed by atoms with van der Waals surface area (Å²) in [5.41, 5.74) is 2.44. The van der Waals surface area contributed by atoms with Crippen LogP contribution in [0.3, 0.4) is 0 Å². The van der Waals surface area contributed by atoms with Crippen LogP contribution in [-0.4, -0.2) is 21.0 Å². The van der Waals surface area contributed by atoms with Crippen LogP contribution in [-0.2, 0) is 12.1 Å². The van der Waals surface area contributed by atoms with Crippen molar-refractivity contribution in [1.29, 1.82) is 0 Å². The van der Waals surface area contributed by atoms with Gasteiger partial charge in [-0.15, -0.1) is 5.10 Å². The van der Waals surface area contributed by atoms with E-state index in [1.807, 2.05) is 10.9 Å². The van der Waals surface area contributed by atoms with E-state index < -0.39 is 0 Å². The van der Waals surface area contributed by atoms with Gasteiger partial charge >= 0.3 is 0 Å². The molecule has 0 saturated heterocycles. The van der Waals surface area contributed by atoms with Gasteiger partial charge in [-0.25, -0.2) is 4.68 Å². The Kier molecular flexibility index (Phi) is 3.34. The molecule has 2 aromatic rings. The van der Waals surface area contributed by atoms with Crippen LogP contribution in [0.1, 0.15) is 44.4 Å². The summed E-state index contributed by atoms with van der Waals surface area (Å²) in [5, 5.41) is 12.0. The van der Waals surface area contributed by atoms with E-state index in [0.29, 0.717) is 12.0 Å². The Labute approximate surface area is 120 Å². The molecule has 1 fully saturated rings. The maximum Gasteiger partial charge on any atom is 0.0965 e. The molecule has 1 aliphatic rings. The number of rotatable bonds is 4. The molecule has 1 aliphatic carbocycles. The highest BCUT2D eigenvalue weighted by Crippen LogP contribution is 2.40. The fourth-order valence-corrected chi connectivity index (χ4v) is 2.43. The molecule has 1 saturated carbocycles. The molecule has 106 valence electrons. The van der Waals surface area contributed by atoms with Crippen molar-refractivity contribution in [2.75, 3.05) is 0 Å². The van der Waals surface area contributed by atoms with E-state index in [-0.39, 0.29) is 5.54 Å². The van der Waals surface area contributed by atoms with E-state index in [0.717, 1.165) is 12.2 Å². The average molecular weight is 270 g/mol. The van der Waals surface area contributed by atoms with Crippen LogP contribution < -0.4 is 5.32 Å². The van der Waals surface area contributed by atoms with Crippen LogP contribution >= 0.6 is 0 Å². The summed E-state index contributed by atoms with van der Waals surface area (Å²) in [6.07, 6.45) is 3.25. The SMILES string of the molecule is CC(C)(C)n1cc(CNC2CC2c2ccccc2)nn1. The number of hydrogen-bond acceptors (Lipinski definition) is 3. The molecule has 4 heteroatoms. The lowest BCUT2D eigenvalue weighted by molar-refractivity contribution is 0.347. The van der Waals surface area contributed by atoms with Gasteiger partial charge in [0.15, 0.2) is 0 Å². The lowest BCUT2D eigenvalue weighted by Crippen LogP contribution is -2.22. The second-order valence-corrected chi connectivity index (χ2v) is 6.57. The van der Waals surface area contributed by atoms with Crippen LogP contribution in [0.25, 0.3) is 0 Å². The predicted molar refractivity (Wildman–Crippen MR) is 79.4 cm³/mol. The Morgan fingerprint density at radius 2 is 2.00 bits per heavy atom. The average Bonchev–Trinajstić information content (AvgIpc) is 3.03. The minimum Gasteiger partial charge on any atom is -0.308 e. The Bertz CT molecular complexity index is 568. The van der Waals surface area contributed by atoms with Gasteiger partial charge < -0.3 is 5.32 Å². The minimum absolute atomic E-state index is 0.00257. The van der Waals surface area contributed by atoms with Crippen molar-refractivity contribution in [1.82, 2.24) is 20.3 Å². The largest absolute Gasteiger partial charge is 0.308 e. The van der Waals surface area contributed by atoms with Gasteiger partial charge in [0.25, 0.3) is 0 Å². The molecule has 20 heavy (non-hydrogen) atoms. The molecule has 0 radical (unpaired) electrons. The molecule has 1 N–H and O–H groups in total. The topological polar surface area (TPSA) is 42.7 Å². The van der Waals surface area contributed by atoms with Gasteiger partial charge in [-0.2, -0.15) is 0 Å². The maximum atomic E-state index is 4.23. The van der Waals surface area contributed by atoms with Crippen molar-refractivity contribution in [3.05, 3.63) is 47.8 Å². The summed E-state index contributed by atoms with van der Waals surface area (Å²) in [5.74, 6) is 0.661. The molecule has 4 nitrogen and oxygen atoms in total. The highest BCUT2D eigenvalue weighted by molar-refractivity contribution is 5.27. The first-order valence-corrected chi connectivity index (χ1v) is 7.24. The van der Waals surface area contributed by atoms with E-state index in [9.17, 15) is 0 Å². The second-order valence-electron chi connectivity index (χ2n) is 6.57. The number of nitrogens with zero attached hydrogens (tertiary/aromatic N) is 3. The van der Waals surface area contributed by atoms with Crippen molar-refractivity contribution in [3.63, 3.8) is 0 Å². The van der Waals surface area contributed by atoms with Gasteiger partial charge in [0.1, 0.15) is 0 Å². The van der Waals surface area contributed by atoms with Gasteiger partial charge in [-0.1, -0.05) is 35.5 Å². The summed E-state index contributed by atoms with van der Waals surface area (Å²) in [7, 11) is 0. The van der Waals surface area contributed by atoms with Crippen molar-refractivity contribution >= 4 is 0 Å². The lowest BCUT2D eigenvalue weighted by Gasteiger charge is -2.17. The standard InChI is InChI=1S/C16H22N4/c1-16(2,3)20-11-13(18-19-20)10-17-15-9-14(15)12-7-5-4-6-8-12/h4-8,11,14-15,17H,9-10H2,1-3H3. The highest BCUT2D eigenvalue weighted by atomic mass is 15.4. The van der Waals surface area contributed by atoms with Gasteiger partial charge in [-0.3, -0.25) is 0 Å². The molecule has 2 unspecified atom stereocenters. The van der Waals surface area contributed by atoms with Crippen LogP contribution in [0.2, 0.25) is 0 Å². The molecule has 1 aromatic carbocycles. The third kappa shape index (κ3) is 2.90. The molecule has 1 heterocycles. The number of aromatic nitrogens is 3. The zero-order valence-electron chi connectivity index (χ0n) is 12.4. The molecule has 2 atom stereocenters. The van der Waals surface area contributed by atoms with E-state index in [4.69, 9.17) is 0 Å². The van der Waals surface area contributed by atoms with Crippen molar-refractivity contribution in [3.8, 4) is 0 Å². The normalized spacial score (nSPS) is 21.9. The molecule has 0 spiro atoms. The maximum absolute atomic E-state index is 4.23. The van der Waals surface area contributed by atoms with E-state index in [1.54, 1.807) is 0 Å². The molecule has 0 amide bonds. The first kappa shape index (κ1) is 13.3. The summed E-state index contributed by atoms with van der Waals surface area (Å²) < 4.78 is 1.92. The quantitative estimate of drug-likeness (QED) is 0.929. The Balaban J connectivity index is 1.53. The second kappa shape index (κ2) is 5.02. The fourth-order valence-electron chi connectivity index (χ4n) is 2.43.